The molecule has 2 N–H and O–H groups in total. The van der Waals surface area contributed by atoms with Crippen LogP contribution in [0.3, 0.4) is 0 Å². The second-order valence-corrected chi connectivity index (χ2v) is 6.50. The Hall–Kier alpha value is -1.60. The topological polar surface area (TPSA) is 84.5 Å². The van der Waals surface area contributed by atoms with Crippen molar-refractivity contribution in [3.8, 4) is 0 Å². The summed E-state index contributed by atoms with van der Waals surface area (Å²) in [5.74, 6) is -0.259. The highest BCUT2D eigenvalue weighted by molar-refractivity contribution is 7.89. The number of carbonyl (C=O) groups is 1. The predicted octanol–water partition coefficient (Wildman–Crippen LogP) is 1.74. The van der Waals surface area contributed by atoms with Gasteiger partial charge in [-0.05, 0) is 45.0 Å². The summed E-state index contributed by atoms with van der Waals surface area (Å²) in [4.78, 5) is 11.4. The summed E-state index contributed by atoms with van der Waals surface area (Å²) in [5, 5.41) is 3.04. The van der Waals surface area contributed by atoms with E-state index in [-0.39, 0.29) is 23.3 Å². The third kappa shape index (κ3) is 6.14. The zero-order chi connectivity index (χ0) is 15.9. The Labute approximate surface area is 125 Å². The van der Waals surface area contributed by atoms with Crippen LogP contribution in [0.15, 0.2) is 29.2 Å². The maximum Gasteiger partial charge on any atom is 0.307 e. The number of sulfonamides is 1. The molecule has 0 aliphatic heterocycles. The molecule has 0 aliphatic carbocycles. The molecule has 1 aromatic rings. The van der Waals surface area contributed by atoms with Crippen LogP contribution in [0.25, 0.3) is 0 Å². The van der Waals surface area contributed by atoms with Crippen molar-refractivity contribution in [3.05, 3.63) is 24.3 Å². The molecule has 0 radical (unpaired) electrons. The van der Waals surface area contributed by atoms with Gasteiger partial charge in [0.05, 0.1) is 17.9 Å². The molecule has 0 fully saturated rings. The Kier molecular flexibility index (Phi) is 6.64. The third-order valence-corrected chi connectivity index (χ3v) is 4.19. The van der Waals surface area contributed by atoms with Crippen molar-refractivity contribution in [3.63, 3.8) is 0 Å². The van der Waals surface area contributed by atoms with E-state index in [0.29, 0.717) is 13.2 Å². The van der Waals surface area contributed by atoms with Crippen LogP contribution in [-0.4, -0.2) is 33.6 Å². The van der Waals surface area contributed by atoms with Gasteiger partial charge in [-0.15, -0.1) is 0 Å². The maximum absolute atomic E-state index is 11.9. The molecule has 0 amide bonds. The van der Waals surface area contributed by atoms with Gasteiger partial charge >= 0.3 is 5.97 Å². The van der Waals surface area contributed by atoms with Crippen LogP contribution in [0.4, 0.5) is 5.69 Å². The number of carbonyl (C=O) groups excluding carboxylic acids is 1. The number of benzene rings is 1. The highest BCUT2D eigenvalue weighted by Crippen LogP contribution is 2.14. The summed E-state index contributed by atoms with van der Waals surface area (Å²) in [6.07, 6.45) is 0.267. The van der Waals surface area contributed by atoms with E-state index in [1.807, 2.05) is 0 Å². The van der Waals surface area contributed by atoms with Gasteiger partial charge in [-0.25, -0.2) is 13.1 Å². The summed E-state index contributed by atoms with van der Waals surface area (Å²) < 4.78 is 31.2. The number of esters is 1. The molecule has 0 bridgehead atoms. The molecule has 21 heavy (non-hydrogen) atoms. The molecule has 0 aromatic heterocycles. The average molecular weight is 314 g/mol. The fourth-order valence-electron chi connectivity index (χ4n) is 1.67. The van der Waals surface area contributed by atoms with Crippen molar-refractivity contribution >= 4 is 21.7 Å². The van der Waals surface area contributed by atoms with Crippen molar-refractivity contribution < 1.29 is 17.9 Å². The van der Waals surface area contributed by atoms with Crippen LogP contribution in [0, 0.1) is 0 Å². The Balaban J connectivity index is 2.56. The lowest BCUT2D eigenvalue weighted by atomic mass is 10.3. The van der Waals surface area contributed by atoms with Crippen LogP contribution in [0.1, 0.15) is 27.2 Å². The molecule has 6 nitrogen and oxygen atoms in total. The fraction of sp³-hybridized carbons (Fsp3) is 0.500. The minimum Gasteiger partial charge on any atom is -0.466 e. The van der Waals surface area contributed by atoms with Gasteiger partial charge in [-0.1, -0.05) is 0 Å². The second-order valence-electron chi connectivity index (χ2n) is 4.78. The van der Waals surface area contributed by atoms with E-state index in [4.69, 9.17) is 4.74 Å². The molecule has 7 heteroatoms. The largest absolute Gasteiger partial charge is 0.466 e. The summed E-state index contributed by atoms with van der Waals surface area (Å²) in [6.45, 7) is 6.10. The summed E-state index contributed by atoms with van der Waals surface area (Å²) in [5.41, 5.74) is 0.753. The molecule has 0 saturated heterocycles. The summed E-state index contributed by atoms with van der Waals surface area (Å²) >= 11 is 0. The summed E-state index contributed by atoms with van der Waals surface area (Å²) in [6, 6.07) is 6.23. The monoisotopic (exact) mass is 314 g/mol. The molecular weight excluding hydrogens is 292 g/mol. The first-order valence-corrected chi connectivity index (χ1v) is 8.35. The summed E-state index contributed by atoms with van der Waals surface area (Å²) in [7, 11) is -3.47. The molecule has 0 heterocycles. The van der Waals surface area contributed by atoms with Crippen molar-refractivity contribution in [2.45, 2.75) is 38.1 Å². The SMILES string of the molecule is CCOC(=O)CCNc1ccc(S(=O)(=O)NC(C)C)cc1. The first-order valence-electron chi connectivity index (χ1n) is 6.87. The number of hydrogen-bond acceptors (Lipinski definition) is 5. The fourth-order valence-corrected chi connectivity index (χ4v) is 2.92. The lowest BCUT2D eigenvalue weighted by Gasteiger charge is -2.10. The van der Waals surface area contributed by atoms with Crippen LogP contribution < -0.4 is 10.0 Å². The van der Waals surface area contributed by atoms with Gasteiger partial charge in [-0.3, -0.25) is 4.79 Å². The minimum absolute atomic E-state index is 0.155. The molecule has 0 saturated carbocycles. The maximum atomic E-state index is 11.9. The molecule has 118 valence electrons. The lowest BCUT2D eigenvalue weighted by molar-refractivity contribution is -0.142. The van der Waals surface area contributed by atoms with Crippen LogP contribution in [-0.2, 0) is 19.6 Å². The quantitative estimate of drug-likeness (QED) is 0.714. The molecule has 0 aliphatic rings. The first kappa shape index (κ1) is 17.5. The Bertz CT molecular complexity index is 553. The van der Waals surface area contributed by atoms with Crippen molar-refractivity contribution in [1.29, 1.82) is 0 Å². The molecule has 1 aromatic carbocycles. The zero-order valence-corrected chi connectivity index (χ0v) is 13.4. The van der Waals surface area contributed by atoms with Gasteiger partial charge in [0, 0.05) is 18.3 Å². The number of hydrogen-bond donors (Lipinski definition) is 2. The minimum atomic E-state index is -3.47. The number of rotatable bonds is 8. The normalized spacial score (nSPS) is 11.4. The van der Waals surface area contributed by atoms with Gasteiger partial charge in [-0.2, -0.15) is 0 Å². The van der Waals surface area contributed by atoms with E-state index in [1.165, 1.54) is 12.1 Å². The van der Waals surface area contributed by atoms with Crippen LogP contribution in [0.2, 0.25) is 0 Å². The van der Waals surface area contributed by atoms with E-state index < -0.39 is 10.0 Å². The lowest BCUT2D eigenvalue weighted by Crippen LogP contribution is -2.30. The van der Waals surface area contributed by atoms with Crippen LogP contribution in [0.5, 0.6) is 0 Å². The number of nitrogens with one attached hydrogen (secondary N) is 2. The Morgan fingerprint density at radius 1 is 1.24 bits per heavy atom. The molecular formula is C14H22N2O4S. The highest BCUT2D eigenvalue weighted by atomic mass is 32.2. The predicted molar refractivity (Wildman–Crippen MR) is 81.6 cm³/mol. The van der Waals surface area contributed by atoms with E-state index in [0.717, 1.165) is 5.69 Å². The van der Waals surface area contributed by atoms with Gasteiger partial charge in [0.15, 0.2) is 0 Å². The number of ether oxygens (including phenoxy) is 1. The average Bonchev–Trinajstić information content (AvgIpc) is 2.38. The van der Waals surface area contributed by atoms with E-state index >= 15 is 0 Å². The molecule has 0 atom stereocenters. The van der Waals surface area contributed by atoms with E-state index in [2.05, 4.69) is 10.0 Å². The first-order chi connectivity index (χ1) is 9.85. The highest BCUT2D eigenvalue weighted by Gasteiger charge is 2.14. The Morgan fingerprint density at radius 2 is 1.86 bits per heavy atom. The third-order valence-electron chi connectivity index (χ3n) is 2.52. The van der Waals surface area contributed by atoms with Gasteiger partial charge < -0.3 is 10.1 Å². The van der Waals surface area contributed by atoms with Gasteiger partial charge in [0.25, 0.3) is 0 Å². The molecule has 0 spiro atoms. The molecule has 1 rings (SSSR count). The smallest absolute Gasteiger partial charge is 0.307 e. The van der Waals surface area contributed by atoms with Crippen LogP contribution >= 0.6 is 0 Å². The van der Waals surface area contributed by atoms with Gasteiger partial charge in [0.1, 0.15) is 0 Å². The standard InChI is InChI=1S/C14H22N2O4S/c1-4-20-14(17)9-10-15-12-5-7-13(8-6-12)21(18,19)16-11(2)3/h5-8,11,15-16H,4,9-10H2,1-3H3. The second kappa shape index (κ2) is 7.99. The molecule has 0 unspecified atom stereocenters. The number of anilines is 1. The van der Waals surface area contributed by atoms with E-state index in [9.17, 15) is 13.2 Å². The van der Waals surface area contributed by atoms with Crippen molar-refractivity contribution in [2.24, 2.45) is 0 Å². The van der Waals surface area contributed by atoms with Gasteiger partial charge in [0.2, 0.25) is 10.0 Å². The van der Waals surface area contributed by atoms with Crippen molar-refractivity contribution in [1.82, 2.24) is 4.72 Å². The Morgan fingerprint density at radius 3 is 2.38 bits per heavy atom. The van der Waals surface area contributed by atoms with E-state index in [1.54, 1.807) is 32.9 Å². The van der Waals surface area contributed by atoms with Crippen molar-refractivity contribution in [2.75, 3.05) is 18.5 Å². The zero-order valence-electron chi connectivity index (χ0n) is 12.5.